The molecule has 37 heavy (non-hydrogen) atoms. The number of ether oxygens (including phenoxy) is 1. The maximum atomic E-state index is 12.8. The van der Waals surface area contributed by atoms with Gasteiger partial charge in [-0.1, -0.05) is 30.3 Å². The van der Waals surface area contributed by atoms with E-state index in [1.165, 1.54) is 6.20 Å². The number of hydrogen-bond acceptors (Lipinski definition) is 7. The van der Waals surface area contributed by atoms with Crippen molar-refractivity contribution in [3.63, 3.8) is 0 Å². The summed E-state index contributed by atoms with van der Waals surface area (Å²) in [6.45, 7) is 5.63. The molecule has 0 unspecified atom stereocenters. The van der Waals surface area contributed by atoms with Gasteiger partial charge >= 0.3 is 0 Å². The van der Waals surface area contributed by atoms with Gasteiger partial charge in [-0.3, -0.25) is 4.79 Å². The number of anilines is 1. The largest absolute Gasteiger partial charge is 0.489 e. The molecule has 5 rings (SSSR count). The van der Waals surface area contributed by atoms with Crippen LogP contribution in [0.4, 0.5) is 5.82 Å². The Kier molecular flexibility index (Phi) is 6.51. The molecule has 1 aliphatic heterocycles. The summed E-state index contributed by atoms with van der Waals surface area (Å²) in [6.07, 6.45) is 4.94. The fraction of sp³-hybridized carbons (Fsp3) is 0.286. The topological polar surface area (TPSA) is 107 Å². The molecule has 1 aliphatic rings. The first-order valence-electron chi connectivity index (χ1n) is 12.1. The van der Waals surface area contributed by atoms with Crippen molar-refractivity contribution in [2.24, 2.45) is 0 Å². The highest BCUT2D eigenvalue weighted by atomic mass is 16.5. The summed E-state index contributed by atoms with van der Waals surface area (Å²) in [5.41, 5.74) is 2.73. The van der Waals surface area contributed by atoms with Crippen LogP contribution in [0.5, 0.6) is 5.75 Å². The van der Waals surface area contributed by atoms with Crippen LogP contribution < -0.4 is 9.64 Å². The number of nitriles is 1. The van der Waals surface area contributed by atoms with Gasteiger partial charge in [0.15, 0.2) is 0 Å². The molecule has 4 heterocycles. The van der Waals surface area contributed by atoms with Crippen LogP contribution in [0.15, 0.2) is 67.1 Å². The second-order valence-electron chi connectivity index (χ2n) is 9.78. The second kappa shape index (κ2) is 9.91. The summed E-state index contributed by atoms with van der Waals surface area (Å²) in [6, 6.07) is 17.8. The van der Waals surface area contributed by atoms with Gasteiger partial charge in [0.2, 0.25) is 5.91 Å². The maximum Gasteiger partial charge on any atom is 0.242 e. The maximum absolute atomic E-state index is 12.8. The van der Waals surface area contributed by atoms with Gasteiger partial charge in [-0.05, 0) is 37.6 Å². The summed E-state index contributed by atoms with van der Waals surface area (Å²) in [5.74, 6) is 1.30. The van der Waals surface area contributed by atoms with Gasteiger partial charge in [-0.25, -0.2) is 9.50 Å². The van der Waals surface area contributed by atoms with Crippen LogP contribution >= 0.6 is 0 Å². The van der Waals surface area contributed by atoms with Crippen molar-refractivity contribution in [2.75, 3.05) is 31.1 Å². The van der Waals surface area contributed by atoms with Gasteiger partial charge < -0.3 is 19.6 Å². The van der Waals surface area contributed by atoms with E-state index in [0.29, 0.717) is 36.5 Å². The fourth-order valence-electron chi connectivity index (χ4n) is 4.35. The highest BCUT2D eigenvalue weighted by Gasteiger charge is 2.25. The number of nitrogens with zero attached hydrogens (tertiary/aromatic N) is 6. The van der Waals surface area contributed by atoms with Crippen molar-refractivity contribution >= 4 is 17.2 Å². The summed E-state index contributed by atoms with van der Waals surface area (Å²) in [5, 5.41) is 24.0. The SMILES string of the molecule is CC(C)(O)COc1cc(-c2ccc(N3CCN(Cc4ccccc4)C(=O)C3)nc2)c2c(C#N)cnn2c1. The number of carbonyl (C=O) groups excluding carboxylic acids is 1. The number of pyridine rings is 2. The molecule has 0 atom stereocenters. The molecule has 0 radical (unpaired) electrons. The molecule has 0 bridgehead atoms. The number of benzene rings is 1. The number of rotatable bonds is 7. The number of aliphatic hydroxyl groups is 1. The van der Waals surface area contributed by atoms with Crippen molar-refractivity contribution in [1.82, 2.24) is 19.5 Å². The average Bonchev–Trinajstić information content (AvgIpc) is 3.32. The minimum absolute atomic E-state index is 0.0669. The Morgan fingerprint density at radius 2 is 1.95 bits per heavy atom. The summed E-state index contributed by atoms with van der Waals surface area (Å²) in [7, 11) is 0. The molecule has 0 aliphatic carbocycles. The van der Waals surface area contributed by atoms with Crippen molar-refractivity contribution in [3.8, 4) is 22.9 Å². The van der Waals surface area contributed by atoms with E-state index in [9.17, 15) is 15.2 Å². The lowest BCUT2D eigenvalue weighted by Gasteiger charge is -2.35. The molecule has 9 heteroatoms. The predicted octanol–water partition coefficient (Wildman–Crippen LogP) is 3.27. The zero-order valence-electron chi connectivity index (χ0n) is 20.8. The molecule has 9 nitrogen and oxygen atoms in total. The number of aromatic nitrogens is 3. The van der Waals surface area contributed by atoms with Gasteiger partial charge in [0.05, 0.1) is 35.6 Å². The fourth-order valence-corrected chi connectivity index (χ4v) is 4.35. The Labute approximate surface area is 215 Å². The van der Waals surface area contributed by atoms with Crippen LogP contribution in [-0.4, -0.2) is 62.4 Å². The smallest absolute Gasteiger partial charge is 0.242 e. The number of carbonyl (C=O) groups is 1. The van der Waals surface area contributed by atoms with Crippen LogP contribution in [0.25, 0.3) is 16.6 Å². The highest BCUT2D eigenvalue weighted by Crippen LogP contribution is 2.31. The standard InChI is InChI=1S/C28H28N6O3/c1-28(2,36)19-37-23-12-24(27-22(13-29)15-31-34(27)17-23)21-8-9-25(30-14-21)32-10-11-33(26(35)18-32)16-20-6-4-3-5-7-20/h3-9,12,14-15,17,36H,10-11,16,18-19H2,1-2H3. The first-order chi connectivity index (χ1) is 17.8. The average molecular weight is 497 g/mol. The zero-order chi connectivity index (χ0) is 26.0. The normalized spacial score (nSPS) is 14.2. The molecular weight excluding hydrogens is 468 g/mol. The summed E-state index contributed by atoms with van der Waals surface area (Å²) < 4.78 is 7.41. The van der Waals surface area contributed by atoms with E-state index in [4.69, 9.17) is 4.74 Å². The predicted molar refractivity (Wildman–Crippen MR) is 139 cm³/mol. The van der Waals surface area contributed by atoms with E-state index in [1.54, 1.807) is 30.8 Å². The third kappa shape index (κ3) is 5.39. The number of amides is 1. The zero-order valence-corrected chi connectivity index (χ0v) is 20.8. The van der Waals surface area contributed by atoms with E-state index in [0.717, 1.165) is 22.5 Å². The van der Waals surface area contributed by atoms with Crippen LogP contribution in [0, 0.1) is 11.3 Å². The molecule has 1 amide bonds. The van der Waals surface area contributed by atoms with E-state index >= 15 is 0 Å². The quantitative estimate of drug-likeness (QED) is 0.418. The molecule has 0 spiro atoms. The summed E-state index contributed by atoms with van der Waals surface area (Å²) in [4.78, 5) is 21.3. The molecular formula is C28H28N6O3. The first kappa shape index (κ1) is 24.3. The molecule has 0 saturated carbocycles. The van der Waals surface area contributed by atoms with Crippen molar-refractivity contribution < 1.29 is 14.6 Å². The third-order valence-electron chi connectivity index (χ3n) is 6.22. The van der Waals surface area contributed by atoms with Gasteiger partial charge in [-0.15, -0.1) is 0 Å². The Bertz CT molecular complexity index is 1450. The monoisotopic (exact) mass is 496 g/mol. The molecule has 1 aromatic carbocycles. The van der Waals surface area contributed by atoms with Gasteiger partial charge in [0, 0.05) is 37.0 Å². The minimum Gasteiger partial charge on any atom is -0.489 e. The van der Waals surface area contributed by atoms with Gasteiger partial charge in [-0.2, -0.15) is 10.4 Å². The lowest BCUT2D eigenvalue weighted by molar-refractivity contribution is -0.131. The van der Waals surface area contributed by atoms with Crippen LogP contribution in [0.3, 0.4) is 0 Å². The van der Waals surface area contributed by atoms with Crippen LogP contribution in [-0.2, 0) is 11.3 Å². The summed E-state index contributed by atoms with van der Waals surface area (Å²) >= 11 is 0. The molecule has 1 fully saturated rings. The Morgan fingerprint density at radius 1 is 1.14 bits per heavy atom. The second-order valence-corrected chi connectivity index (χ2v) is 9.78. The Hall–Kier alpha value is -4.42. The van der Waals surface area contributed by atoms with E-state index in [2.05, 4.69) is 16.2 Å². The van der Waals surface area contributed by atoms with E-state index in [1.807, 2.05) is 58.3 Å². The molecule has 1 N–H and O–H groups in total. The van der Waals surface area contributed by atoms with Crippen LogP contribution in [0.2, 0.25) is 0 Å². The molecule has 4 aromatic rings. The van der Waals surface area contributed by atoms with Crippen LogP contribution in [0.1, 0.15) is 25.0 Å². The van der Waals surface area contributed by atoms with Crippen molar-refractivity contribution in [3.05, 3.63) is 78.2 Å². The van der Waals surface area contributed by atoms with E-state index in [-0.39, 0.29) is 19.1 Å². The van der Waals surface area contributed by atoms with Crippen molar-refractivity contribution in [2.45, 2.75) is 26.0 Å². The van der Waals surface area contributed by atoms with Gasteiger partial charge in [0.1, 0.15) is 24.2 Å². The number of piperazine rings is 1. The first-order valence-corrected chi connectivity index (χ1v) is 12.1. The molecule has 188 valence electrons. The third-order valence-corrected chi connectivity index (χ3v) is 6.22. The minimum atomic E-state index is -0.997. The molecule has 1 saturated heterocycles. The van der Waals surface area contributed by atoms with Crippen molar-refractivity contribution in [1.29, 1.82) is 5.26 Å². The number of hydrogen-bond donors (Lipinski definition) is 1. The number of fused-ring (bicyclic) bond motifs is 1. The lowest BCUT2D eigenvalue weighted by atomic mass is 10.1. The Balaban J connectivity index is 1.36. The highest BCUT2D eigenvalue weighted by molar-refractivity contribution is 5.86. The molecule has 3 aromatic heterocycles. The van der Waals surface area contributed by atoms with E-state index < -0.39 is 5.60 Å². The Morgan fingerprint density at radius 3 is 2.62 bits per heavy atom. The van der Waals surface area contributed by atoms with Gasteiger partial charge in [0.25, 0.3) is 0 Å². The lowest BCUT2D eigenvalue weighted by Crippen LogP contribution is -2.50.